The normalized spacial score (nSPS) is 17.9. The maximum atomic E-state index is 13.9. The molecule has 2 fully saturated rings. The van der Waals surface area contributed by atoms with Crippen LogP contribution >= 0.6 is 0 Å². The number of Topliss-reactive ketones (excluding diaryl/α,β-unsaturated/α-hetero) is 1. The molecule has 2 saturated heterocycles. The molecule has 4 rings (SSSR count). The fourth-order valence-corrected chi connectivity index (χ4v) is 5.73. The number of benzene rings is 1. The van der Waals surface area contributed by atoms with Gasteiger partial charge in [0.1, 0.15) is 23.3 Å². The molecule has 1 aromatic heterocycles. The molecule has 1 aromatic carbocycles. The van der Waals surface area contributed by atoms with E-state index in [9.17, 15) is 22.8 Å². The smallest absolute Gasteiger partial charge is 0.371 e. The number of carbonyl (C=O) groups excluding carboxylic acids is 2. The number of anilines is 2. The highest BCUT2D eigenvalue weighted by Gasteiger charge is 2.37. The molecule has 2 aliphatic heterocycles. The number of ketones is 1. The number of nitrogens with one attached hydrogen (secondary N) is 1. The zero-order valence-corrected chi connectivity index (χ0v) is 23.6. The number of amides is 1. The lowest BCUT2D eigenvalue weighted by Gasteiger charge is -2.35. The van der Waals surface area contributed by atoms with E-state index in [0.717, 1.165) is 37.3 Å². The molecule has 41 heavy (non-hydrogen) atoms. The molecule has 0 aliphatic carbocycles. The lowest BCUT2D eigenvalue weighted by molar-refractivity contribution is -0.141. The van der Waals surface area contributed by atoms with Crippen molar-refractivity contribution in [1.82, 2.24) is 10.3 Å². The fraction of sp³-hybridized carbons (Fsp3) is 0.548. The number of aromatic nitrogens is 1. The zero-order valence-electron chi connectivity index (χ0n) is 23.6. The van der Waals surface area contributed by atoms with Gasteiger partial charge in [0.25, 0.3) is 0 Å². The molecule has 7 nitrogen and oxygen atoms in total. The monoisotopic (exact) mass is 569 g/mol. The summed E-state index contributed by atoms with van der Waals surface area (Å²) in [5.74, 6) is 0.695. The van der Waals surface area contributed by atoms with E-state index in [4.69, 9.17) is 5.26 Å². The van der Waals surface area contributed by atoms with Crippen LogP contribution in [0.1, 0.15) is 75.1 Å². The number of alkyl halides is 3. The van der Waals surface area contributed by atoms with Gasteiger partial charge in [-0.3, -0.25) is 9.59 Å². The minimum atomic E-state index is -4.60. The fourth-order valence-electron chi connectivity index (χ4n) is 5.73. The molecule has 3 heterocycles. The Morgan fingerprint density at radius 3 is 2.49 bits per heavy atom. The minimum absolute atomic E-state index is 0.180. The van der Waals surface area contributed by atoms with Gasteiger partial charge >= 0.3 is 6.18 Å². The Kier molecular flexibility index (Phi) is 10.2. The maximum absolute atomic E-state index is 13.9. The van der Waals surface area contributed by atoms with Gasteiger partial charge in [0.15, 0.2) is 0 Å². The van der Waals surface area contributed by atoms with Crippen LogP contribution in [0.4, 0.5) is 24.7 Å². The van der Waals surface area contributed by atoms with Gasteiger partial charge in [-0.25, -0.2) is 4.98 Å². The summed E-state index contributed by atoms with van der Waals surface area (Å²) in [4.78, 5) is 32.3. The van der Waals surface area contributed by atoms with Crippen molar-refractivity contribution < 1.29 is 22.8 Å². The Hall–Kier alpha value is -3.61. The van der Waals surface area contributed by atoms with Gasteiger partial charge in [-0.1, -0.05) is 19.1 Å². The van der Waals surface area contributed by atoms with E-state index in [1.807, 2.05) is 24.0 Å². The summed E-state index contributed by atoms with van der Waals surface area (Å²) >= 11 is 0. The van der Waals surface area contributed by atoms with Crippen molar-refractivity contribution in [2.75, 3.05) is 36.0 Å². The van der Waals surface area contributed by atoms with Crippen LogP contribution in [0.2, 0.25) is 0 Å². The number of halogens is 3. The Balaban J connectivity index is 1.41. The Morgan fingerprint density at radius 2 is 1.83 bits per heavy atom. The highest BCUT2D eigenvalue weighted by molar-refractivity contribution is 5.85. The molecular formula is C31H38F3N5O2. The van der Waals surface area contributed by atoms with Crippen LogP contribution in [-0.2, 0) is 22.2 Å². The van der Waals surface area contributed by atoms with E-state index in [2.05, 4.69) is 16.4 Å². The highest BCUT2D eigenvalue weighted by atomic mass is 19.4. The minimum Gasteiger partial charge on any atom is -0.371 e. The van der Waals surface area contributed by atoms with Crippen LogP contribution in [0, 0.1) is 17.2 Å². The van der Waals surface area contributed by atoms with Gasteiger partial charge in [0, 0.05) is 50.8 Å². The first-order valence-electron chi connectivity index (χ1n) is 14.6. The summed E-state index contributed by atoms with van der Waals surface area (Å²) < 4.78 is 41.7. The lowest BCUT2D eigenvalue weighted by Crippen LogP contribution is -2.44. The number of hydrogen-bond acceptors (Lipinski definition) is 6. The predicted octanol–water partition coefficient (Wildman–Crippen LogP) is 5.67. The molecule has 1 atom stereocenters. The maximum Gasteiger partial charge on any atom is 0.433 e. The van der Waals surface area contributed by atoms with E-state index in [-0.39, 0.29) is 17.5 Å². The first kappa shape index (κ1) is 30.4. The molecule has 2 aromatic rings. The van der Waals surface area contributed by atoms with Crippen molar-refractivity contribution in [3.05, 3.63) is 53.2 Å². The predicted molar refractivity (Wildman–Crippen MR) is 152 cm³/mol. The average molecular weight is 570 g/mol. The van der Waals surface area contributed by atoms with Crippen molar-refractivity contribution in [3.63, 3.8) is 0 Å². The summed E-state index contributed by atoms with van der Waals surface area (Å²) in [6.45, 7) is 4.01. The van der Waals surface area contributed by atoms with Crippen LogP contribution < -0.4 is 15.1 Å². The first-order valence-corrected chi connectivity index (χ1v) is 14.6. The topological polar surface area (TPSA) is 89.3 Å². The van der Waals surface area contributed by atoms with Gasteiger partial charge < -0.3 is 15.1 Å². The van der Waals surface area contributed by atoms with Crippen molar-refractivity contribution in [1.29, 1.82) is 5.26 Å². The van der Waals surface area contributed by atoms with Crippen LogP contribution in [-0.4, -0.2) is 48.9 Å². The second-order valence-electron chi connectivity index (χ2n) is 11.0. The summed E-state index contributed by atoms with van der Waals surface area (Å²) in [5, 5.41) is 11.9. The molecule has 0 unspecified atom stereocenters. The van der Waals surface area contributed by atoms with E-state index in [1.165, 1.54) is 0 Å². The quantitative estimate of drug-likeness (QED) is 0.375. The molecule has 0 saturated carbocycles. The van der Waals surface area contributed by atoms with Gasteiger partial charge in [-0.05, 0) is 74.6 Å². The van der Waals surface area contributed by atoms with Crippen molar-refractivity contribution in [2.45, 2.75) is 76.9 Å². The summed E-state index contributed by atoms with van der Waals surface area (Å²) in [5.41, 5.74) is 1.08. The Labute approximate surface area is 239 Å². The number of hydrogen-bond donors (Lipinski definition) is 1. The molecule has 1 amide bonds. The molecule has 1 N–H and O–H groups in total. The van der Waals surface area contributed by atoms with Crippen LogP contribution in [0.3, 0.4) is 0 Å². The number of rotatable bonds is 11. The molecule has 0 radical (unpaired) electrons. The number of pyridine rings is 1. The number of carbonyl (C=O) groups is 2. The lowest BCUT2D eigenvalue weighted by atomic mass is 9.91. The van der Waals surface area contributed by atoms with E-state index < -0.39 is 17.9 Å². The molecule has 220 valence electrons. The van der Waals surface area contributed by atoms with Crippen molar-refractivity contribution in [2.24, 2.45) is 5.92 Å². The number of nitrogens with zero attached hydrogens (tertiary/aromatic N) is 4. The third-order valence-electron chi connectivity index (χ3n) is 8.17. The number of piperidine rings is 1. The second kappa shape index (κ2) is 13.8. The zero-order chi connectivity index (χ0) is 29.4. The molecule has 0 spiro atoms. The SMILES string of the molecule is CCC(=O)CCCC1CCN(c2cc(N3CCC[C@H]3C(=O)NCCc3ccc(C#N)cc3)nc(C(F)(F)F)c2)CC1. The summed E-state index contributed by atoms with van der Waals surface area (Å²) in [6.07, 6.45) is 1.93. The Bertz CT molecular complexity index is 1230. The summed E-state index contributed by atoms with van der Waals surface area (Å²) in [6, 6.07) is 11.4. The summed E-state index contributed by atoms with van der Waals surface area (Å²) in [7, 11) is 0. The molecule has 2 aliphatic rings. The van der Waals surface area contributed by atoms with Crippen LogP contribution in [0.5, 0.6) is 0 Å². The average Bonchev–Trinajstić information content (AvgIpc) is 3.47. The Morgan fingerprint density at radius 1 is 1.10 bits per heavy atom. The largest absolute Gasteiger partial charge is 0.433 e. The van der Waals surface area contributed by atoms with Gasteiger partial charge in [0.2, 0.25) is 5.91 Å². The first-order chi connectivity index (χ1) is 19.7. The molecule has 0 bridgehead atoms. The van der Waals surface area contributed by atoms with E-state index in [0.29, 0.717) is 75.5 Å². The standard InChI is InChI=1S/C31H38F3N5O2/c1-2-26(40)6-3-5-22-13-17-38(18-14-22)25-19-28(31(32,33)34)37-29(20-25)39-16-4-7-27(39)30(41)36-15-12-23-8-10-24(21-35)11-9-23/h8-11,19-20,22,27H,2-7,12-18H2,1H3,(H,36,41)/t27-/m0/s1. The number of nitriles is 1. The third kappa shape index (κ3) is 8.21. The third-order valence-corrected chi connectivity index (χ3v) is 8.17. The van der Waals surface area contributed by atoms with E-state index >= 15 is 0 Å². The van der Waals surface area contributed by atoms with Crippen molar-refractivity contribution >= 4 is 23.2 Å². The highest BCUT2D eigenvalue weighted by Crippen LogP contribution is 2.36. The van der Waals surface area contributed by atoms with Crippen LogP contribution in [0.15, 0.2) is 36.4 Å². The molecular weight excluding hydrogens is 531 g/mol. The molecule has 10 heteroatoms. The van der Waals surface area contributed by atoms with Gasteiger partial charge in [-0.2, -0.15) is 18.4 Å². The van der Waals surface area contributed by atoms with Gasteiger partial charge in [0.05, 0.1) is 11.6 Å². The second-order valence-corrected chi connectivity index (χ2v) is 11.0. The van der Waals surface area contributed by atoms with Crippen molar-refractivity contribution in [3.8, 4) is 6.07 Å². The van der Waals surface area contributed by atoms with Gasteiger partial charge in [-0.15, -0.1) is 0 Å². The van der Waals surface area contributed by atoms with E-state index in [1.54, 1.807) is 23.1 Å². The van der Waals surface area contributed by atoms with Crippen LogP contribution in [0.25, 0.3) is 0 Å².